The van der Waals surface area contributed by atoms with Crippen LogP contribution in [0.15, 0.2) is 85.0 Å². The lowest BCUT2D eigenvalue weighted by Crippen LogP contribution is -2.35. The van der Waals surface area contributed by atoms with Crippen molar-refractivity contribution in [1.29, 1.82) is 0 Å². The summed E-state index contributed by atoms with van der Waals surface area (Å²) >= 11 is 0. The highest BCUT2D eigenvalue weighted by Crippen LogP contribution is 2.32. The second-order valence-electron chi connectivity index (χ2n) is 11.9. The molecule has 2 heterocycles. The lowest BCUT2D eigenvalue weighted by atomic mass is 9.98. The number of aromatic nitrogens is 2. The Morgan fingerprint density at radius 3 is 2.66 bits per heavy atom. The van der Waals surface area contributed by atoms with Crippen LogP contribution in [0.5, 0.6) is 5.75 Å². The summed E-state index contributed by atoms with van der Waals surface area (Å²) in [5, 5.41) is 13.2. The van der Waals surface area contributed by atoms with Crippen molar-refractivity contribution in [2.24, 2.45) is 0 Å². The van der Waals surface area contributed by atoms with Gasteiger partial charge >= 0.3 is 5.97 Å². The smallest absolute Gasteiger partial charge is 0.336 e. The number of benzene rings is 3. The molecule has 0 saturated carbocycles. The van der Waals surface area contributed by atoms with Crippen molar-refractivity contribution in [2.45, 2.75) is 64.6 Å². The van der Waals surface area contributed by atoms with Gasteiger partial charge in [0.1, 0.15) is 17.1 Å². The monoisotopic (exact) mass is 590 g/mol. The van der Waals surface area contributed by atoms with Gasteiger partial charge in [-0.25, -0.2) is 9.78 Å². The number of imidazole rings is 1. The predicted molar refractivity (Wildman–Crippen MR) is 176 cm³/mol. The molecule has 2 aliphatic rings. The normalized spacial score (nSPS) is 17.8. The molecule has 2 atom stereocenters. The van der Waals surface area contributed by atoms with Crippen molar-refractivity contribution < 1.29 is 14.6 Å². The first-order valence-electron chi connectivity index (χ1n) is 15.9. The minimum Gasteiger partial charge on any atom is -0.491 e. The molecule has 1 saturated heterocycles. The molecule has 7 heteroatoms. The van der Waals surface area contributed by atoms with E-state index in [2.05, 4.69) is 77.2 Å². The summed E-state index contributed by atoms with van der Waals surface area (Å²) in [7, 11) is 0. The van der Waals surface area contributed by atoms with Crippen LogP contribution in [0.1, 0.15) is 59.9 Å². The van der Waals surface area contributed by atoms with Crippen LogP contribution >= 0.6 is 0 Å². The number of carboxylic acids is 1. The summed E-state index contributed by atoms with van der Waals surface area (Å²) in [5.74, 6) is 1.04. The Bertz CT molecular complexity index is 1670. The Kier molecular flexibility index (Phi) is 9.24. The molecule has 0 amide bonds. The zero-order valence-corrected chi connectivity index (χ0v) is 25.7. The number of fused-ring (bicyclic) bond motifs is 2. The molecule has 2 N–H and O–H groups in total. The van der Waals surface area contributed by atoms with Gasteiger partial charge in [-0.3, -0.25) is 10.2 Å². The number of ether oxygens (including phenoxy) is 1. The van der Waals surface area contributed by atoms with Gasteiger partial charge in [0.2, 0.25) is 0 Å². The lowest BCUT2D eigenvalue weighted by Gasteiger charge is -2.24. The highest BCUT2D eigenvalue weighted by Gasteiger charge is 2.30. The Morgan fingerprint density at radius 2 is 1.84 bits per heavy atom. The second-order valence-corrected chi connectivity index (χ2v) is 11.9. The van der Waals surface area contributed by atoms with E-state index in [0.717, 1.165) is 90.2 Å². The molecule has 0 bridgehead atoms. The zero-order chi connectivity index (χ0) is 30.5. The molecule has 2 unspecified atom stereocenters. The van der Waals surface area contributed by atoms with Gasteiger partial charge in [-0.1, -0.05) is 86.2 Å². The van der Waals surface area contributed by atoms with Crippen molar-refractivity contribution >= 4 is 17.0 Å². The van der Waals surface area contributed by atoms with Crippen LogP contribution in [-0.2, 0) is 13.0 Å². The van der Waals surface area contributed by atoms with Gasteiger partial charge in [0.15, 0.2) is 0 Å². The van der Waals surface area contributed by atoms with Gasteiger partial charge in [-0.15, -0.1) is 0 Å². The van der Waals surface area contributed by atoms with Crippen LogP contribution in [0.2, 0.25) is 0 Å². The summed E-state index contributed by atoms with van der Waals surface area (Å²) in [4.78, 5) is 19.4. The molecule has 3 aromatic carbocycles. The van der Waals surface area contributed by atoms with E-state index < -0.39 is 5.97 Å². The molecule has 6 rings (SSSR count). The molecule has 0 spiro atoms. The van der Waals surface area contributed by atoms with Gasteiger partial charge < -0.3 is 14.4 Å². The summed E-state index contributed by atoms with van der Waals surface area (Å²) in [5.41, 5.74) is 6.27. The van der Waals surface area contributed by atoms with E-state index in [-0.39, 0.29) is 0 Å². The maximum absolute atomic E-state index is 11.8. The third-order valence-corrected chi connectivity index (χ3v) is 8.81. The number of allylic oxidation sites excluding steroid dienone is 2. The van der Waals surface area contributed by atoms with E-state index in [4.69, 9.17) is 9.72 Å². The number of aromatic carboxylic acids is 1. The van der Waals surface area contributed by atoms with Crippen LogP contribution in [0.4, 0.5) is 0 Å². The van der Waals surface area contributed by atoms with Crippen LogP contribution in [0.25, 0.3) is 22.2 Å². The maximum atomic E-state index is 11.8. The Morgan fingerprint density at radius 1 is 1.02 bits per heavy atom. The molecule has 1 aliphatic carbocycles. The second kappa shape index (κ2) is 13.6. The first kappa shape index (κ1) is 29.9. The minimum absolute atomic E-state index is 0.309. The first-order chi connectivity index (χ1) is 21.5. The standard InChI is InChI=1S/C37H42N4O3/c1-3-4-15-34-39-35-26(2)16-21-33(44-23-10-9-22-40-25-38-31-13-7-8-14-32(31)40)36(35)41(34)24-27-17-19-28(20-18-27)29-11-5-6-12-30(29)37(42)43/h5-8,11-14,16-21,31-32,38H,3-4,9-10,15,22-25H2,1-2H3,(H,42,43). The van der Waals surface area contributed by atoms with Crippen LogP contribution < -0.4 is 10.1 Å². The number of nitrogens with zero attached hydrogens (tertiary/aromatic N) is 3. The molecular formula is C37H42N4O3. The van der Waals surface area contributed by atoms with Crippen molar-refractivity contribution in [3.8, 4) is 16.9 Å². The number of carbonyl (C=O) groups is 1. The lowest BCUT2D eigenvalue weighted by molar-refractivity contribution is 0.0697. The highest BCUT2D eigenvalue weighted by atomic mass is 16.5. The molecular weight excluding hydrogens is 548 g/mol. The first-order valence-corrected chi connectivity index (χ1v) is 15.9. The molecule has 0 radical (unpaired) electrons. The highest BCUT2D eigenvalue weighted by molar-refractivity contribution is 5.96. The van der Waals surface area contributed by atoms with Gasteiger partial charge in [-0.05, 0) is 60.6 Å². The number of hydrogen-bond donors (Lipinski definition) is 2. The molecule has 1 aliphatic heterocycles. The summed E-state index contributed by atoms with van der Waals surface area (Å²) < 4.78 is 8.80. The molecule has 7 nitrogen and oxygen atoms in total. The van der Waals surface area contributed by atoms with E-state index >= 15 is 0 Å². The van der Waals surface area contributed by atoms with E-state index in [9.17, 15) is 9.90 Å². The molecule has 1 fully saturated rings. The largest absolute Gasteiger partial charge is 0.491 e. The van der Waals surface area contributed by atoms with E-state index in [1.54, 1.807) is 12.1 Å². The van der Waals surface area contributed by atoms with Gasteiger partial charge in [0.25, 0.3) is 0 Å². The summed E-state index contributed by atoms with van der Waals surface area (Å²) in [6.07, 6.45) is 14.0. The number of unbranched alkanes of at least 4 members (excludes halogenated alkanes) is 2. The number of carboxylic acid groups (broad SMARTS) is 1. The van der Waals surface area contributed by atoms with Crippen molar-refractivity contribution in [3.05, 3.63) is 107 Å². The topological polar surface area (TPSA) is 79.6 Å². The average Bonchev–Trinajstić information content (AvgIpc) is 3.63. The van der Waals surface area contributed by atoms with Crippen molar-refractivity contribution in [1.82, 2.24) is 19.8 Å². The van der Waals surface area contributed by atoms with Crippen LogP contribution in [-0.4, -0.2) is 57.4 Å². The number of hydrogen-bond acceptors (Lipinski definition) is 5. The number of nitrogens with one attached hydrogen (secondary N) is 1. The summed E-state index contributed by atoms with van der Waals surface area (Å²) in [6, 6.07) is 20.5. The fraction of sp³-hybridized carbons (Fsp3) is 0.351. The maximum Gasteiger partial charge on any atom is 0.336 e. The molecule has 4 aromatic rings. The number of aryl methyl sites for hydroxylation is 2. The van der Waals surface area contributed by atoms with E-state index in [0.29, 0.717) is 30.8 Å². The third-order valence-electron chi connectivity index (χ3n) is 8.81. The van der Waals surface area contributed by atoms with E-state index in [1.807, 2.05) is 24.3 Å². The Hall–Kier alpha value is -4.20. The predicted octanol–water partition coefficient (Wildman–Crippen LogP) is 6.99. The SMILES string of the molecule is CCCCc1nc2c(C)ccc(OCCCCN3CNC4C=CC=CC43)c2n1Cc1ccc(-c2ccccc2C(=O)O)cc1. The quantitative estimate of drug-likeness (QED) is 0.164. The molecule has 44 heavy (non-hydrogen) atoms. The minimum atomic E-state index is -0.918. The third kappa shape index (κ3) is 6.35. The number of rotatable bonds is 13. The van der Waals surface area contributed by atoms with Crippen molar-refractivity contribution in [2.75, 3.05) is 19.8 Å². The Balaban J connectivity index is 1.19. The average molecular weight is 591 g/mol. The zero-order valence-electron chi connectivity index (χ0n) is 25.7. The molecule has 228 valence electrons. The Labute approximate surface area is 259 Å². The van der Waals surface area contributed by atoms with Gasteiger partial charge in [-0.2, -0.15) is 0 Å². The van der Waals surface area contributed by atoms with Gasteiger partial charge in [0.05, 0.1) is 17.7 Å². The van der Waals surface area contributed by atoms with Crippen LogP contribution in [0, 0.1) is 6.92 Å². The molecule has 1 aromatic heterocycles. The van der Waals surface area contributed by atoms with Crippen molar-refractivity contribution in [3.63, 3.8) is 0 Å². The summed E-state index contributed by atoms with van der Waals surface area (Å²) in [6.45, 7) is 7.63. The fourth-order valence-corrected chi connectivity index (χ4v) is 6.38. The fourth-order valence-electron chi connectivity index (χ4n) is 6.38. The van der Waals surface area contributed by atoms with E-state index in [1.165, 1.54) is 0 Å². The van der Waals surface area contributed by atoms with Crippen LogP contribution in [0.3, 0.4) is 0 Å². The van der Waals surface area contributed by atoms with Gasteiger partial charge in [0, 0.05) is 38.3 Å².